The van der Waals surface area contributed by atoms with E-state index in [0.29, 0.717) is 17.7 Å². The number of pyridine rings is 1. The van der Waals surface area contributed by atoms with E-state index < -0.39 is 29.7 Å². The van der Waals surface area contributed by atoms with E-state index in [1.54, 1.807) is 27.7 Å². The number of aromatic nitrogens is 2. The SMILES string of the molecule is CCC(O)(CC(=O)OCOC(=O)C(C)(C)C)C1=CC(=O)c2nc3c4n(cc3cc2C1)C=CCC4. The maximum absolute atomic E-state index is 13.0. The largest absolute Gasteiger partial charge is 0.428 e. The van der Waals surface area contributed by atoms with Gasteiger partial charge in [0.15, 0.2) is 0 Å². The Labute approximate surface area is 198 Å². The molecule has 0 spiro atoms. The number of ketones is 1. The van der Waals surface area contributed by atoms with E-state index >= 15 is 0 Å². The molecule has 0 saturated carbocycles. The first kappa shape index (κ1) is 23.9. The summed E-state index contributed by atoms with van der Waals surface area (Å²) < 4.78 is 12.0. The molecule has 2 aromatic rings. The van der Waals surface area contributed by atoms with Gasteiger partial charge in [0.1, 0.15) is 5.69 Å². The van der Waals surface area contributed by atoms with Crippen molar-refractivity contribution in [3.05, 3.63) is 46.9 Å². The van der Waals surface area contributed by atoms with Crippen molar-refractivity contribution in [2.75, 3.05) is 6.79 Å². The van der Waals surface area contributed by atoms with Gasteiger partial charge in [0.2, 0.25) is 12.6 Å². The Balaban J connectivity index is 1.51. The van der Waals surface area contributed by atoms with Gasteiger partial charge in [0.05, 0.1) is 23.0 Å². The van der Waals surface area contributed by atoms with Crippen LogP contribution in [-0.4, -0.2) is 44.8 Å². The number of esters is 2. The third kappa shape index (κ3) is 4.55. The Bertz CT molecular complexity index is 1230. The van der Waals surface area contributed by atoms with Crippen molar-refractivity contribution in [1.82, 2.24) is 9.55 Å². The number of aliphatic hydroxyl groups is 1. The number of carbonyl (C=O) groups excluding carboxylic acids is 3. The first-order valence-electron chi connectivity index (χ1n) is 11.5. The zero-order chi connectivity index (χ0) is 24.7. The summed E-state index contributed by atoms with van der Waals surface area (Å²) in [4.78, 5) is 41.9. The highest BCUT2D eigenvalue weighted by Crippen LogP contribution is 2.35. The number of hydrogen-bond acceptors (Lipinski definition) is 7. The van der Waals surface area contributed by atoms with E-state index in [0.717, 1.165) is 35.0 Å². The van der Waals surface area contributed by atoms with E-state index in [9.17, 15) is 19.5 Å². The van der Waals surface area contributed by atoms with Crippen LogP contribution in [0.3, 0.4) is 0 Å². The van der Waals surface area contributed by atoms with Gasteiger partial charge in [-0.1, -0.05) is 13.0 Å². The van der Waals surface area contributed by atoms with Gasteiger partial charge in [-0.3, -0.25) is 14.4 Å². The molecule has 2 aliphatic rings. The fourth-order valence-corrected chi connectivity index (χ4v) is 4.29. The third-order valence-electron chi connectivity index (χ3n) is 6.37. The molecule has 8 heteroatoms. The molecular formula is C26H30N2O6. The standard InChI is InChI=1S/C26H30N2O6/c1-5-26(32,13-21(30)33-15-34-24(31)25(2,3)4)18-11-16-10-17-14-28-9-7-6-8-19(28)22(17)27-23(16)20(29)12-18/h7,9-10,12,14,32H,5-6,8,11,13,15H2,1-4H3. The van der Waals surface area contributed by atoms with Crippen LogP contribution in [0.5, 0.6) is 0 Å². The lowest BCUT2D eigenvalue weighted by molar-refractivity contribution is -0.174. The van der Waals surface area contributed by atoms with Gasteiger partial charge in [0.25, 0.3) is 0 Å². The summed E-state index contributed by atoms with van der Waals surface area (Å²) in [6.45, 7) is 6.30. The molecule has 1 unspecified atom stereocenters. The molecule has 0 amide bonds. The molecule has 180 valence electrons. The maximum atomic E-state index is 13.0. The monoisotopic (exact) mass is 466 g/mol. The third-order valence-corrected chi connectivity index (χ3v) is 6.37. The summed E-state index contributed by atoms with van der Waals surface area (Å²) in [5.41, 5.74) is 1.19. The fraction of sp³-hybridized carbons (Fsp3) is 0.462. The second-order valence-electron chi connectivity index (χ2n) is 9.93. The Morgan fingerprint density at radius 1 is 1.24 bits per heavy atom. The van der Waals surface area contributed by atoms with Crippen LogP contribution in [0.15, 0.2) is 30.0 Å². The topological polar surface area (TPSA) is 108 Å². The lowest BCUT2D eigenvalue weighted by Crippen LogP contribution is -2.37. The van der Waals surface area contributed by atoms with Gasteiger partial charge in [0, 0.05) is 23.5 Å². The van der Waals surface area contributed by atoms with Crippen molar-refractivity contribution >= 4 is 34.8 Å². The molecule has 0 radical (unpaired) electrons. The van der Waals surface area contributed by atoms with Crippen molar-refractivity contribution in [1.29, 1.82) is 0 Å². The smallest absolute Gasteiger partial charge is 0.314 e. The lowest BCUT2D eigenvalue weighted by atomic mass is 9.80. The highest BCUT2D eigenvalue weighted by molar-refractivity contribution is 6.07. The molecule has 0 fully saturated rings. The molecule has 1 aliphatic carbocycles. The Hall–Kier alpha value is -3.26. The number of aryl methyl sites for hydroxylation is 1. The van der Waals surface area contributed by atoms with Crippen LogP contribution in [-0.2, 0) is 31.9 Å². The first-order chi connectivity index (χ1) is 16.0. The minimum absolute atomic E-state index is 0.208. The minimum Gasteiger partial charge on any atom is -0.428 e. The van der Waals surface area contributed by atoms with Crippen LogP contribution in [0.25, 0.3) is 17.1 Å². The van der Waals surface area contributed by atoms with E-state index in [4.69, 9.17) is 9.47 Å². The van der Waals surface area contributed by atoms with Crippen molar-refractivity contribution in [3.63, 3.8) is 0 Å². The molecule has 8 nitrogen and oxygen atoms in total. The zero-order valence-electron chi connectivity index (χ0n) is 20.0. The average Bonchev–Trinajstić information content (AvgIpc) is 3.14. The molecule has 0 aromatic carbocycles. The second kappa shape index (κ2) is 8.83. The summed E-state index contributed by atoms with van der Waals surface area (Å²) in [5.74, 6) is -1.50. The van der Waals surface area contributed by atoms with E-state index in [-0.39, 0.29) is 18.6 Å². The summed E-state index contributed by atoms with van der Waals surface area (Å²) in [5, 5.41) is 12.2. The molecule has 1 atom stereocenters. The van der Waals surface area contributed by atoms with Gasteiger partial charge in [-0.2, -0.15) is 0 Å². The first-order valence-corrected chi connectivity index (χ1v) is 11.5. The van der Waals surface area contributed by atoms with Crippen LogP contribution in [0.1, 0.15) is 68.7 Å². The van der Waals surface area contributed by atoms with Gasteiger partial charge in [-0.15, -0.1) is 0 Å². The molecular weight excluding hydrogens is 436 g/mol. The van der Waals surface area contributed by atoms with Gasteiger partial charge in [-0.25, -0.2) is 4.98 Å². The highest BCUT2D eigenvalue weighted by Gasteiger charge is 2.37. The van der Waals surface area contributed by atoms with E-state index in [2.05, 4.69) is 11.1 Å². The predicted octanol–water partition coefficient (Wildman–Crippen LogP) is 3.74. The second-order valence-corrected chi connectivity index (χ2v) is 9.93. The number of ether oxygens (including phenoxy) is 2. The molecule has 2 aromatic heterocycles. The summed E-state index contributed by atoms with van der Waals surface area (Å²) in [7, 11) is 0. The Morgan fingerprint density at radius 3 is 2.71 bits per heavy atom. The lowest BCUT2D eigenvalue weighted by Gasteiger charge is -2.31. The van der Waals surface area contributed by atoms with Crippen molar-refractivity contribution in [3.8, 4) is 0 Å². The minimum atomic E-state index is -1.56. The van der Waals surface area contributed by atoms with E-state index in [1.165, 1.54) is 6.08 Å². The number of hydrogen-bond donors (Lipinski definition) is 1. The van der Waals surface area contributed by atoms with E-state index in [1.807, 2.05) is 23.0 Å². The van der Waals surface area contributed by atoms with Crippen molar-refractivity contribution in [2.45, 2.75) is 65.4 Å². The Kier molecular flexibility index (Phi) is 6.20. The quantitative estimate of drug-likeness (QED) is 0.510. The fourth-order valence-electron chi connectivity index (χ4n) is 4.29. The zero-order valence-corrected chi connectivity index (χ0v) is 20.0. The summed E-state index contributed by atoms with van der Waals surface area (Å²) in [6, 6.07) is 1.95. The molecule has 0 bridgehead atoms. The Morgan fingerprint density at radius 2 is 2.00 bits per heavy atom. The number of nitrogens with zero attached hydrogens (tertiary/aromatic N) is 2. The summed E-state index contributed by atoms with van der Waals surface area (Å²) in [6.07, 6.45) is 9.45. The molecule has 1 N–H and O–H groups in total. The normalized spacial score (nSPS) is 17.0. The van der Waals surface area contributed by atoms with Crippen molar-refractivity contribution < 1.29 is 29.0 Å². The van der Waals surface area contributed by atoms with Crippen LogP contribution in [0.2, 0.25) is 0 Å². The maximum Gasteiger partial charge on any atom is 0.314 e. The van der Waals surface area contributed by atoms with Crippen LogP contribution in [0, 0.1) is 5.41 Å². The summed E-state index contributed by atoms with van der Waals surface area (Å²) >= 11 is 0. The van der Waals surface area contributed by atoms with Gasteiger partial charge in [-0.05, 0) is 69.7 Å². The number of rotatable bonds is 6. The predicted molar refractivity (Wildman–Crippen MR) is 126 cm³/mol. The number of carbonyl (C=O) groups is 3. The number of fused-ring (bicyclic) bond motifs is 4. The molecule has 34 heavy (non-hydrogen) atoms. The van der Waals surface area contributed by atoms with Crippen LogP contribution >= 0.6 is 0 Å². The molecule has 3 heterocycles. The van der Waals surface area contributed by atoms with Gasteiger partial charge < -0.3 is 19.1 Å². The highest BCUT2D eigenvalue weighted by atomic mass is 16.7. The van der Waals surface area contributed by atoms with Crippen LogP contribution in [0.4, 0.5) is 0 Å². The van der Waals surface area contributed by atoms with Crippen molar-refractivity contribution in [2.24, 2.45) is 5.41 Å². The molecule has 0 saturated heterocycles. The van der Waals surface area contributed by atoms with Gasteiger partial charge >= 0.3 is 11.9 Å². The molecule has 4 rings (SSSR count). The van der Waals surface area contributed by atoms with Crippen LogP contribution < -0.4 is 0 Å². The molecule has 1 aliphatic heterocycles. The number of allylic oxidation sites excluding steroid dienone is 2. The average molecular weight is 467 g/mol.